The Morgan fingerprint density at radius 1 is 0.800 bits per heavy atom. The van der Waals surface area contributed by atoms with Crippen molar-refractivity contribution in [2.75, 3.05) is 0 Å². The Morgan fingerprint density at radius 2 is 0.800 bits per heavy atom. The molecule has 0 rings (SSSR count). The molecular weight excluding hydrogens is 373 g/mol. The van der Waals surface area contributed by atoms with Gasteiger partial charge in [-0.15, -0.1) is 0 Å². The number of hydrogen-bond acceptors (Lipinski definition) is 0. The predicted molar refractivity (Wildman–Crippen MR) is 1.37 cm³/mol. The summed E-state index contributed by atoms with van der Waals surface area (Å²) in [5.41, 5.74) is 0. The van der Waals surface area contributed by atoms with Gasteiger partial charge >= 0.3 is 0 Å². The largest absolute Gasteiger partial charge is 2.00 e. The van der Waals surface area contributed by atoms with Crippen molar-refractivity contribution in [1.29, 1.82) is 0 Å². The van der Waals surface area contributed by atoms with Crippen LogP contribution >= 0.6 is 0 Å². The molecule has 0 amide bonds. The maximum Gasteiger partial charge on any atom is 0 e. The first kappa shape index (κ1) is 66.3. The maximum absolute atomic E-state index is 0. The summed E-state index contributed by atoms with van der Waals surface area (Å²) < 4.78 is 0. The molecule has 0 unspecified atom stereocenters. The fourth-order valence-electron chi connectivity index (χ4n) is 0. The van der Waals surface area contributed by atoms with E-state index in [-0.39, 0.29) is 72.3 Å². The van der Waals surface area contributed by atoms with Crippen LogP contribution in [0.5, 0.6) is 0 Å². The van der Waals surface area contributed by atoms with Gasteiger partial charge in [-0.3, -0.25) is 0 Å². The van der Waals surface area contributed by atoms with Gasteiger partial charge in [0.15, 0.2) is 0 Å². The van der Waals surface area contributed by atoms with Crippen molar-refractivity contribution in [2.24, 2.45) is 0 Å². The molecule has 5 heavy (non-hydrogen) atoms. The topological polar surface area (TPSA) is 57.0 Å². The fourth-order valence-corrected chi connectivity index (χ4v) is 0. The SMILES string of the molecule is [Ir].[O-2].[O-2].[Ru].[Ti]. The van der Waals surface area contributed by atoms with E-state index in [9.17, 15) is 0 Å². The summed E-state index contributed by atoms with van der Waals surface area (Å²) in [6.07, 6.45) is 0. The van der Waals surface area contributed by atoms with Gasteiger partial charge in [0.25, 0.3) is 0 Å². The zero-order valence-electron chi connectivity index (χ0n) is 2.00. The van der Waals surface area contributed by atoms with Gasteiger partial charge in [-0.1, -0.05) is 0 Å². The second-order valence-electron chi connectivity index (χ2n) is 0. The molecular formula is IrO2RuTi-4. The molecule has 0 saturated carbocycles. The van der Waals surface area contributed by atoms with Crippen LogP contribution in [0.2, 0.25) is 0 Å². The third-order valence-electron chi connectivity index (χ3n) is 0. The second-order valence-corrected chi connectivity index (χ2v) is 0. The van der Waals surface area contributed by atoms with Crippen molar-refractivity contribution in [1.82, 2.24) is 0 Å². The summed E-state index contributed by atoms with van der Waals surface area (Å²) in [6, 6.07) is 0. The summed E-state index contributed by atoms with van der Waals surface area (Å²) in [6.45, 7) is 0. The van der Waals surface area contributed by atoms with Gasteiger partial charge in [0.2, 0.25) is 0 Å². The van der Waals surface area contributed by atoms with E-state index in [1.54, 1.807) is 0 Å². The zero-order chi connectivity index (χ0) is 0. The molecule has 0 spiro atoms. The Hall–Kier alpha value is 1.91. The van der Waals surface area contributed by atoms with Crippen LogP contribution in [0.4, 0.5) is 0 Å². The molecule has 0 bridgehead atoms. The van der Waals surface area contributed by atoms with Crippen molar-refractivity contribution >= 4 is 0 Å². The third-order valence-corrected chi connectivity index (χ3v) is 0. The smallest absolute Gasteiger partial charge is 0 e. The van der Waals surface area contributed by atoms with E-state index >= 15 is 0 Å². The Labute approximate surface area is 71.7 Å². The van der Waals surface area contributed by atoms with Crippen LogP contribution in [0.3, 0.4) is 0 Å². The van der Waals surface area contributed by atoms with Crippen molar-refractivity contribution in [2.45, 2.75) is 0 Å². The molecule has 0 aromatic carbocycles. The fraction of sp³-hybridized carbons (Fsp3) is 0. The average molecular weight is 373 g/mol. The van der Waals surface area contributed by atoms with E-state index < -0.39 is 0 Å². The molecule has 0 heterocycles. The number of rotatable bonds is 0. The van der Waals surface area contributed by atoms with Gasteiger partial charge in [-0.2, -0.15) is 0 Å². The van der Waals surface area contributed by atoms with Gasteiger partial charge in [0, 0.05) is 61.3 Å². The summed E-state index contributed by atoms with van der Waals surface area (Å²) in [7, 11) is 0. The van der Waals surface area contributed by atoms with Gasteiger partial charge in [-0.25, -0.2) is 0 Å². The Balaban J connectivity index is 0. The Morgan fingerprint density at radius 3 is 0.800 bits per heavy atom. The Bertz CT molecular complexity index is 9.61. The third kappa shape index (κ3) is 24.8. The first-order chi connectivity index (χ1) is 0. The first-order valence-corrected chi connectivity index (χ1v) is 0. The monoisotopic (exact) mass is 375 g/mol. The first-order valence-electron chi connectivity index (χ1n) is 0. The number of hydrogen-bond donors (Lipinski definition) is 0. The standard InChI is InChI=1S/Ir.2O.Ru.Ti/q;2*-2;;. The minimum atomic E-state index is 0. The molecule has 1 radical (unpaired) electrons. The van der Waals surface area contributed by atoms with Crippen LogP contribution in [0, 0.1) is 0 Å². The molecule has 37 valence electrons. The van der Waals surface area contributed by atoms with Crippen LogP contribution in [0.1, 0.15) is 0 Å². The van der Waals surface area contributed by atoms with Crippen LogP contribution in [-0.2, 0) is 72.3 Å². The molecule has 2 nitrogen and oxygen atoms in total. The normalized spacial score (nSPS) is 0. The molecule has 0 saturated heterocycles. The molecule has 0 N–H and O–H groups in total. The van der Waals surface area contributed by atoms with E-state index in [0.29, 0.717) is 0 Å². The van der Waals surface area contributed by atoms with Crippen molar-refractivity contribution in [3.05, 3.63) is 0 Å². The molecule has 0 aliphatic carbocycles. The van der Waals surface area contributed by atoms with E-state index in [1.165, 1.54) is 0 Å². The summed E-state index contributed by atoms with van der Waals surface area (Å²) in [5.74, 6) is 0. The van der Waals surface area contributed by atoms with E-state index in [2.05, 4.69) is 0 Å². The summed E-state index contributed by atoms with van der Waals surface area (Å²) in [5, 5.41) is 0. The molecule has 0 aromatic rings. The molecule has 0 aliphatic rings. The molecule has 0 aromatic heterocycles. The van der Waals surface area contributed by atoms with Crippen LogP contribution < -0.4 is 0 Å². The van der Waals surface area contributed by atoms with Crippen LogP contribution in [0.25, 0.3) is 0 Å². The van der Waals surface area contributed by atoms with Gasteiger partial charge in [0.1, 0.15) is 0 Å². The predicted octanol–water partition coefficient (Wildman–Crippen LogP) is -0.245. The van der Waals surface area contributed by atoms with Crippen molar-refractivity contribution in [3.8, 4) is 0 Å². The zero-order valence-corrected chi connectivity index (χ0v) is 7.70. The minimum absolute atomic E-state index is 0. The quantitative estimate of drug-likeness (QED) is 0.527. The summed E-state index contributed by atoms with van der Waals surface area (Å²) >= 11 is 0. The molecule has 0 atom stereocenters. The van der Waals surface area contributed by atoms with E-state index in [4.69, 9.17) is 0 Å². The van der Waals surface area contributed by atoms with Gasteiger partial charge in [-0.05, 0) is 0 Å². The van der Waals surface area contributed by atoms with Crippen LogP contribution in [-0.4, -0.2) is 0 Å². The second kappa shape index (κ2) is 39.1. The van der Waals surface area contributed by atoms with E-state index in [1.807, 2.05) is 0 Å². The molecule has 0 fully saturated rings. The molecule has 5 heteroatoms. The maximum atomic E-state index is 0. The average Bonchev–Trinajstić information content (AvgIpc) is 0. The molecule has 0 aliphatic heterocycles. The Kier molecular flexibility index (Phi) is 518. The van der Waals surface area contributed by atoms with Crippen molar-refractivity contribution in [3.63, 3.8) is 0 Å². The van der Waals surface area contributed by atoms with Crippen LogP contribution in [0.15, 0.2) is 0 Å². The van der Waals surface area contributed by atoms with Gasteiger partial charge < -0.3 is 11.0 Å². The van der Waals surface area contributed by atoms with E-state index in [0.717, 1.165) is 0 Å². The summed E-state index contributed by atoms with van der Waals surface area (Å²) in [4.78, 5) is 0. The van der Waals surface area contributed by atoms with Gasteiger partial charge in [0.05, 0.1) is 0 Å². The van der Waals surface area contributed by atoms with Crippen molar-refractivity contribution < 1.29 is 72.3 Å². The minimum Gasteiger partial charge on any atom is -2.00 e.